The smallest absolute Gasteiger partial charge is 0.243 e. The lowest BCUT2D eigenvalue weighted by Crippen LogP contribution is -2.52. The molecule has 4 rings (SSSR count). The molecule has 1 saturated carbocycles. The van der Waals surface area contributed by atoms with Crippen LogP contribution in [0.25, 0.3) is 10.8 Å². The summed E-state index contributed by atoms with van der Waals surface area (Å²) in [6.45, 7) is 1.45. The number of fused-ring (bicyclic) bond motifs is 1. The van der Waals surface area contributed by atoms with E-state index in [1.165, 1.54) is 18.4 Å². The molecule has 1 aliphatic carbocycles. The van der Waals surface area contributed by atoms with Gasteiger partial charge in [-0.3, -0.25) is 9.59 Å². The maximum Gasteiger partial charge on any atom is 0.243 e. The molecular formula is C30H37N3O5S. The Hall–Kier alpha value is -3.43. The van der Waals surface area contributed by atoms with Crippen molar-refractivity contribution >= 4 is 32.6 Å². The SMILES string of the molecule is COc1ccc(CN(C(=O)CN(C)S(=O)(=O)c2ccc3ccccc3c2)C(C)C(=O)NC2CCCCC2)cc1. The fourth-order valence-electron chi connectivity index (χ4n) is 4.95. The van der Waals surface area contributed by atoms with Crippen molar-refractivity contribution in [2.24, 2.45) is 0 Å². The maximum absolute atomic E-state index is 13.6. The van der Waals surface area contributed by atoms with Gasteiger partial charge in [0.25, 0.3) is 0 Å². The van der Waals surface area contributed by atoms with Crippen molar-refractivity contribution in [3.8, 4) is 5.75 Å². The summed E-state index contributed by atoms with van der Waals surface area (Å²) in [5, 5.41) is 4.83. The number of carbonyl (C=O) groups is 2. The molecule has 9 heteroatoms. The first kappa shape index (κ1) is 28.6. The molecule has 0 heterocycles. The quantitative estimate of drug-likeness (QED) is 0.405. The molecule has 1 fully saturated rings. The predicted octanol–water partition coefficient (Wildman–Crippen LogP) is 4.34. The summed E-state index contributed by atoms with van der Waals surface area (Å²) in [6.07, 6.45) is 5.17. The summed E-state index contributed by atoms with van der Waals surface area (Å²) < 4.78 is 33.1. The number of carbonyl (C=O) groups excluding carboxylic acids is 2. The number of benzene rings is 3. The number of nitrogens with one attached hydrogen (secondary N) is 1. The number of ether oxygens (including phenoxy) is 1. The van der Waals surface area contributed by atoms with Crippen molar-refractivity contribution in [2.45, 2.75) is 62.6 Å². The van der Waals surface area contributed by atoms with E-state index in [1.807, 2.05) is 36.4 Å². The van der Waals surface area contributed by atoms with Gasteiger partial charge in [0.2, 0.25) is 21.8 Å². The molecule has 2 amide bonds. The maximum atomic E-state index is 13.6. The molecule has 3 aromatic rings. The van der Waals surface area contributed by atoms with Crippen molar-refractivity contribution in [1.29, 1.82) is 0 Å². The van der Waals surface area contributed by atoms with Gasteiger partial charge < -0.3 is 15.0 Å². The van der Waals surface area contributed by atoms with Gasteiger partial charge in [-0.2, -0.15) is 4.31 Å². The number of nitrogens with zero attached hydrogens (tertiary/aromatic N) is 2. The van der Waals surface area contributed by atoms with E-state index in [1.54, 1.807) is 44.4 Å². The van der Waals surface area contributed by atoms with Gasteiger partial charge in [-0.1, -0.05) is 61.7 Å². The van der Waals surface area contributed by atoms with Gasteiger partial charge in [0.15, 0.2) is 0 Å². The lowest BCUT2D eigenvalue weighted by molar-refractivity contribution is -0.141. The van der Waals surface area contributed by atoms with Crippen LogP contribution in [-0.4, -0.2) is 62.2 Å². The molecule has 0 aliphatic heterocycles. The Morgan fingerprint density at radius 3 is 2.31 bits per heavy atom. The van der Waals surface area contributed by atoms with Gasteiger partial charge in [0.1, 0.15) is 11.8 Å². The van der Waals surface area contributed by atoms with Gasteiger partial charge in [-0.25, -0.2) is 8.42 Å². The second-order valence-electron chi connectivity index (χ2n) is 10.2. The molecule has 0 bridgehead atoms. The van der Waals surface area contributed by atoms with Crippen molar-refractivity contribution in [3.05, 3.63) is 72.3 Å². The highest BCUT2D eigenvalue weighted by molar-refractivity contribution is 7.89. The van der Waals surface area contributed by atoms with Crippen molar-refractivity contribution in [2.75, 3.05) is 20.7 Å². The number of amides is 2. The molecule has 8 nitrogen and oxygen atoms in total. The first-order valence-corrected chi connectivity index (χ1v) is 14.8. The Balaban J connectivity index is 1.53. The van der Waals surface area contributed by atoms with E-state index in [2.05, 4.69) is 5.32 Å². The predicted molar refractivity (Wildman–Crippen MR) is 152 cm³/mol. The third-order valence-corrected chi connectivity index (χ3v) is 9.22. The summed E-state index contributed by atoms with van der Waals surface area (Å²) in [4.78, 5) is 28.4. The largest absolute Gasteiger partial charge is 0.497 e. The summed E-state index contributed by atoms with van der Waals surface area (Å²) in [6, 6.07) is 19.0. The fraction of sp³-hybridized carbons (Fsp3) is 0.400. The summed E-state index contributed by atoms with van der Waals surface area (Å²) in [7, 11) is -0.973. The van der Waals surface area contributed by atoms with Crippen molar-refractivity contribution < 1.29 is 22.7 Å². The van der Waals surface area contributed by atoms with Crippen molar-refractivity contribution in [1.82, 2.24) is 14.5 Å². The zero-order valence-corrected chi connectivity index (χ0v) is 23.6. The zero-order valence-electron chi connectivity index (χ0n) is 22.8. The van der Waals surface area contributed by atoms with Gasteiger partial charge in [-0.05, 0) is 60.4 Å². The number of hydrogen-bond donors (Lipinski definition) is 1. The molecule has 1 aliphatic rings. The van der Waals surface area contributed by atoms with Crippen LogP contribution in [0.5, 0.6) is 5.75 Å². The van der Waals surface area contributed by atoms with Crippen LogP contribution in [0.1, 0.15) is 44.6 Å². The number of methoxy groups -OCH3 is 1. The molecule has 1 N–H and O–H groups in total. The number of sulfonamides is 1. The topological polar surface area (TPSA) is 96.0 Å². The zero-order chi connectivity index (χ0) is 28.0. The molecule has 39 heavy (non-hydrogen) atoms. The standard InChI is InChI=1S/C30H37N3O5S/c1-22(30(35)31-26-11-5-4-6-12-26)33(20-23-13-16-27(38-3)17-14-23)29(34)21-32(2)39(36,37)28-18-15-24-9-7-8-10-25(24)19-28/h7-10,13-19,22,26H,4-6,11-12,20-21H2,1-3H3,(H,31,35). The Kier molecular flexibility index (Phi) is 9.24. The normalized spacial score (nSPS) is 15.2. The van der Waals surface area contributed by atoms with E-state index in [4.69, 9.17) is 4.74 Å². The highest BCUT2D eigenvalue weighted by Gasteiger charge is 2.31. The summed E-state index contributed by atoms with van der Waals surface area (Å²) >= 11 is 0. The minimum absolute atomic E-state index is 0.0996. The molecule has 0 spiro atoms. The molecule has 3 aromatic carbocycles. The number of rotatable bonds is 10. The van der Waals surface area contributed by atoms with E-state index in [0.717, 1.165) is 46.3 Å². The Morgan fingerprint density at radius 2 is 1.64 bits per heavy atom. The minimum Gasteiger partial charge on any atom is -0.497 e. The van der Waals surface area contributed by atoms with Crippen LogP contribution in [0.4, 0.5) is 0 Å². The van der Waals surface area contributed by atoms with E-state index in [-0.39, 0.29) is 23.4 Å². The Morgan fingerprint density at radius 1 is 0.974 bits per heavy atom. The van der Waals surface area contributed by atoms with E-state index in [9.17, 15) is 18.0 Å². The van der Waals surface area contributed by atoms with E-state index < -0.39 is 28.5 Å². The monoisotopic (exact) mass is 551 g/mol. The number of likely N-dealkylation sites (N-methyl/N-ethyl adjacent to an activating group) is 1. The van der Waals surface area contributed by atoms with Gasteiger partial charge >= 0.3 is 0 Å². The van der Waals surface area contributed by atoms with Crippen LogP contribution in [0.15, 0.2) is 71.6 Å². The van der Waals surface area contributed by atoms with Crippen LogP contribution < -0.4 is 10.1 Å². The highest BCUT2D eigenvalue weighted by atomic mass is 32.2. The molecule has 0 aromatic heterocycles. The first-order chi connectivity index (χ1) is 18.7. The summed E-state index contributed by atoms with van der Waals surface area (Å²) in [5.41, 5.74) is 0.807. The minimum atomic E-state index is -3.94. The fourth-order valence-corrected chi connectivity index (χ4v) is 6.11. The van der Waals surface area contributed by atoms with Crippen LogP contribution in [-0.2, 0) is 26.2 Å². The molecule has 208 valence electrons. The van der Waals surface area contributed by atoms with Crippen molar-refractivity contribution in [3.63, 3.8) is 0 Å². The Bertz CT molecular complexity index is 1400. The van der Waals surface area contributed by atoms with Gasteiger partial charge in [0.05, 0.1) is 18.6 Å². The van der Waals surface area contributed by atoms with Gasteiger partial charge in [-0.15, -0.1) is 0 Å². The van der Waals surface area contributed by atoms with Crippen LogP contribution in [0.3, 0.4) is 0 Å². The molecular weight excluding hydrogens is 514 g/mol. The molecule has 0 saturated heterocycles. The van der Waals surface area contributed by atoms with Crippen LogP contribution in [0.2, 0.25) is 0 Å². The van der Waals surface area contributed by atoms with E-state index >= 15 is 0 Å². The highest BCUT2D eigenvalue weighted by Crippen LogP contribution is 2.22. The summed E-state index contributed by atoms with van der Waals surface area (Å²) in [5.74, 6) is -0.00583. The Labute approximate surface area is 231 Å². The first-order valence-electron chi connectivity index (χ1n) is 13.4. The second kappa shape index (κ2) is 12.6. The van der Waals surface area contributed by atoms with Crippen LogP contribution in [0, 0.1) is 0 Å². The second-order valence-corrected chi connectivity index (χ2v) is 12.2. The third-order valence-electron chi connectivity index (χ3n) is 7.42. The lowest BCUT2D eigenvalue weighted by Gasteiger charge is -2.32. The van der Waals surface area contributed by atoms with Crippen LogP contribution >= 0.6 is 0 Å². The average Bonchev–Trinajstić information content (AvgIpc) is 2.96. The van der Waals surface area contributed by atoms with E-state index in [0.29, 0.717) is 5.75 Å². The molecule has 1 unspecified atom stereocenters. The van der Waals surface area contributed by atoms with Gasteiger partial charge in [0, 0.05) is 19.6 Å². The third kappa shape index (κ3) is 6.96. The molecule has 1 atom stereocenters. The molecule has 0 radical (unpaired) electrons. The lowest BCUT2D eigenvalue weighted by atomic mass is 9.95. The number of hydrogen-bond acceptors (Lipinski definition) is 5. The average molecular weight is 552 g/mol.